The van der Waals surface area contributed by atoms with E-state index >= 15 is 0 Å². The van der Waals surface area contributed by atoms with Gasteiger partial charge in [-0.25, -0.2) is 0 Å². The van der Waals surface area contributed by atoms with Crippen molar-refractivity contribution in [2.24, 2.45) is 0 Å². The van der Waals surface area contributed by atoms with E-state index in [0.717, 1.165) is 11.1 Å². The van der Waals surface area contributed by atoms with Crippen LogP contribution in [0, 0.1) is 11.3 Å². The Hall–Kier alpha value is -4.34. The summed E-state index contributed by atoms with van der Waals surface area (Å²) in [7, 11) is 1.46. The fraction of sp³-hybridized carbons (Fsp3) is 0.107. The number of Topliss-reactive ketones (excluding diaryl/α,β-unsaturated/α-hetero) is 1. The highest BCUT2D eigenvalue weighted by Gasteiger charge is 2.24. The maximum atomic E-state index is 12.7. The molecule has 0 aliphatic carbocycles. The quantitative estimate of drug-likeness (QED) is 0.279. The number of anilines is 1. The number of nitrogens with zero attached hydrogens (tertiary/aromatic N) is 1. The molecule has 1 N–H and O–H groups in total. The number of furan rings is 1. The topological polar surface area (TPSA) is 92.3 Å². The van der Waals surface area contributed by atoms with E-state index in [1.165, 1.54) is 13.2 Å². The zero-order valence-electron chi connectivity index (χ0n) is 18.9. The van der Waals surface area contributed by atoms with Gasteiger partial charge in [-0.1, -0.05) is 72.3 Å². The van der Waals surface area contributed by atoms with Crippen molar-refractivity contribution in [3.8, 4) is 34.3 Å². The molecule has 174 valence electrons. The molecule has 1 aromatic heterocycles. The van der Waals surface area contributed by atoms with Crippen LogP contribution < -0.4 is 10.1 Å². The first-order valence-electron chi connectivity index (χ1n) is 10.9. The zero-order chi connectivity index (χ0) is 24.8. The average molecular weight is 485 g/mol. The predicted octanol–water partition coefficient (Wildman–Crippen LogP) is 6.75. The molecule has 1 heterocycles. The SMILES string of the molecule is COc1ccc(Cl)cc1C(=O)CCC(=O)Nc1oc(-c2ccccc2)c(-c2ccccc2)c1C#N. The first-order valence-corrected chi connectivity index (χ1v) is 11.2. The highest BCUT2D eigenvalue weighted by Crippen LogP contribution is 2.41. The highest BCUT2D eigenvalue weighted by atomic mass is 35.5. The van der Waals surface area contributed by atoms with Crippen LogP contribution in [-0.2, 0) is 4.79 Å². The van der Waals surface area contributed by atoms with Crippen molar-refractivity contribution < 1.29 is 18.7 Å². The number of halogens is 1. The first-order chi connectivity index (χ1) is 17.0. The number of rotatable bonds is 8. The Bertz CT molecular complexity index is 1410. The molecule has 1 amide bonds. The number of carbonyl (C=O) groups is 2. The fourth-order valence-corrected chi connectivity index (χ4v) is 3.92. The summed E-state index contributed by atoms with van der Waals surface area (Å²) in [6.07, 6.45) is -0.177. The molecular weight excluding hydrogens is 464 g/mol. The number of carbonyl (C=O) groups excluding carboxylic acids is 2. The van der Waals surface area contributed by atoms with Crippen LogP contribution in [0.4, 0.5) is 5.88 Å². The molecule has 35 heavy (non-hydrogen) atoms. The highest BCUT2D eigenvalue weighted by molar-refractivity contribution is 6.31. The standard InChI is InChI=1S/C28H21ClN2O4/c1-34-24-14-12-20(29)16-21(24)23(32)13-15-25(33)31-28-22(17-30)26(18-8-4-2-5-9-18)27(35-28)19-10-6-3-7-11-19/h2-12,14,16H,13,15H2,1H3,(H,31,33). The Labute approximate surface area is 207 Å². The van der Waals surface area contributed by atoms with Crippen LogP contribution in [-0.4, -0.2) is 18.8 Å². The van der Waals surface area contributed by atoms with E-state index < -0.39 is 5.91 Å². The summed E-state index contributed by atoms with van der Waals surface area (Å²) in [4.78, 5) is 25.4. The average Bonchev–Trinajstić information content (AvgIpc) is 3.26. The molecule has 4 aromatic rings. The molecule has 4 rings (SSSR count). The van der Waals surface area contributed by atoms with Crippen LogP contribution >= 0.6 is 11.6 Å². The second-order valence-electron chi connectivity index (χ2n) is 7.67. The number of nitrogens with one attached hydrogen (secondary N) is 1. The monoisotopic (exact) mass is 484 g/mol. The number of amides is 1. The van der Waals surface area contributed by atoms with Crippen molar-refractivity contribution in [3.63, 3.8) is 0 Å². The smallest absolute Gasteiger partial charge is 0.227 e. The molecule has 0 atom stereocenters. The van der Waals surface area contributed by atoms with Gasteiger partial charge in [0, 0.05) is 29.0 Å². The summed E-state index contributed by atoms with van der Waals surface area (Å²) in [5.74, 6) is 0.169. The lowest BCUT2D eigenvalue weighted by molar-refractivity contribution is -0.116. The minimum absolute atomic E-state index is 0.0444. The van der Waals surface area contributed by atoms with Gasteiger partial charge in [-0.05, 0) is 23.8 Å². The van der Waals surface area contributed by atoms with Crippen molar-refractivity contribution in [1.29, 1.82) is 5.26 Å². The number of ketones is 1. The van der Waals surface area contributed by atoms with E-state index in [0.29, 0.717) is 27.7 Å². The second-order valence-corrected chi connectivity index (χ2v) is 8.11. The summed E-state index contributed by atoms with van der Waals surface area (Å²) in [5, 5.41) is 13.0. The maximum Gasteiger partial charge on any atom is 0.227 e. The van der Waals surface area contributed by atoms with E-state index in [1.807, 2.05) is 60.7 Å². The van der Waals surface area contributed by atoms with Gasteiger partial charge in [-0.2, -0.15) is 5.26 Å². The van der Waals surface area contributed by atoms with Crippen molar-refractivity contribution in [2.75, 3.05) is 12.4 Å². The number of ether oxygens (including phenoxy) is 1. The lowest BCUT2D eigenvalue weighted by atomic mass is 9.98. The molecule has 0 spiro atoms. The van der Waals surface area contributed by atoms with Crippen molar-refractivity contribution in [1.82, 2.24) is 0 Å². The van der Waals surface area contributed by atoms with Crippen molar-refractivity contribution in [2.45, 2.75) is 12.8 Å². The molecule has 6 nitrogen and oxygen atoms in total. The summed E-state index contributed by atoms with van der Waals surface area (Å²) < 4.78 is 11.2. The van der Waals surface area contributed by atoms with E-state index in [2.05, 4.69) is 11.4 Å². The van der Waals surface area contributed by atoms with Crippen molar-refractivity contribution in [3.05, 3.63) is 95.0 Å². The molecule has 0 aliphatic heterocycles. The van der Waals surface area contributed by atoms with E-state index in [4.69, 9.17) is 20.8 Å². The van der Waals surface area contributed by atoms with Gasteiger partial charge < -0.3 is 9.15 Å². The summed E-state index contributed by atoms with van der Waals surface area (Å²) >= 11 is 6.01. The zero-order valence-corrected chi connectivity index (χ0v) is 19.6. The molecule has 0 unspecified atom stereocenters. The molecular formula is C28H21ClN2O4. The van der Waals surface area contributed by atoms with Crippen LogP contribution in [0.2, 0.25) is 5.02 Å². The van der Waals surface area contributed by atoms with Gasteiger partial charge in [-0.3, -0.25) is 14.9 Å². The van der Waals surface area contributed by atoms with E-state index in [1.54, 1.807) is 12.1 Å². The van der Waals surface area contributed by atoms with Gasteiger partial charge in [0.25, 0.3) is 0 Å². The van der Waals surface area contributed by atoms with Gasteiger partial charge in [0.15, 0.2) is 5.78 Å². The molecule has 7 heteroatoms. The third kappa shape index (κ3) is 5.26. The van der Waals surface area contributed by atoms with Gasteiger partial charge in [0.2, 0.25) is 11.8 Å². The second kappa shape index (κ2) is 10.7. The van der Waals surface area contributed by atoms with E-state index in [9.17, 15) is 14.9 Å². The molecule has 3 aromatic carbocycles. The van der Waals surface area contributed by atoms with Crippen LogP contribution in [0.5, 0.6) is 5.75 Å². The number of hydrogen-bond acceptors (Lipinski definition) is 5. The predicted molar refractivity (Wildman–Crippen MR) is 134 cm³/mol. The first kappa shape index (κ1) is 23.8. The molecule has 0 saturated carbocycles. The lowest BCUT2D eigenvalue weighted by Crippen LogP contribution is -2.14. The van der Waals surface area contributed by atoms with Gasteiger partial charge in [-0.15, -0.1) is 0 Å². The molecule has 0 saturated heterocycles. The Kier molecular flexibility index (Phi) is 7.30. The number of methoxy groups -OCH3 is 1. The molecule has 0 bridgehead atoms. The fourth-order valence-electron chi connectivity index (χ4n) is 3.75. The van der Waals surface area contributed by atoms with Crippen LogP contribution in [0.15, 0.2) is 83.3 Å². The molecule has 0 fully saturated rings. The minimum atomic E-state index is -0.455. The molecule has 0 aliphatic rings. The normalized spacial score (nSPS) is 10.4. The maximum absolute atomic E-state index is 12.7. The summed E-state index contributed by atoms with van der Waals surface area (Å²) in [6, 6.07) is 25.6. The summed E-state index contributed by atoms with van der Waals surface area (Å²) in [5.41, 5.74) is 2.67. The summed E-state index contributed by atoms with van der Waals surface area (Å²) in [6.45, 7) is 0. The van der Waals surface area contributed by atoms with Crippen molar-refractivity contribution >= 4 is 29.2 Å². The molecule has 0 radical (unpaired) electrons. The van der Waals surface area contributed by atoms with Gasteiger partial charge in [0.1, 0.15) is 23.1 Å². The third-order valence-corrected chi connectivity index (χ3v) is 5.65. The van der Waals surface area contributed by atoms with Crippen LogP contribution in [0.3, 0.4) is 0 Å². The van der Waals surface area contributed by atoms with Crippen LogP contribution in [0.1, 0.15) is 28.8 Å². The Balaban J connectivity index is 1.59. The number of benzene rings is 3. The minimum Gasteiger partial charge on any atom is -0.496 e. The lowest BCUT2D eigenvalue weighted by Gasteiger charge is -2.08. The van der Waals surface area contributed by atoms with Gasteiger partial charge >= 0.3 is 0 Å². The Morgan fingerprint density at radius 1 is 0.971 bits per heavy atom. The number of nitriles is 1. The Morgan fingerprint density at radius 2 is 1.63 bits per heavy atom. The number of hydrogen-bond donors (Lipinski definition) is 1. The van der Waals surface area contributed by atoms with Crippen LogP contribution in [0.25, 0.3) is 22.5 Å². The Morgan fingerprint density at radius 3 is 2.26 bits per heavy atom. The largest absolute Gasteiger partial charge is 0.496 e. The third-order valence-electron chi connectivity index (χ3n) is 5.41. The van der Waals surface area contributed by atoms with E-state index in [-0.39, 0.29) is 30.1 Å². The van der Waals surface area contributed by atoms with Gasteiger partial charge in [0.05, 0.1) is 12.7 Å².